The summed E-state index contributed by atoms with van der Waals surface area (Å²) in [6, 6.07) is 8.04. The summed E-state index contributed by atoms with van der Waals surface area (Å²) in [5, 5.41) is 23.5. The van der Waals surface area contributed by atoms with E-state index in [-0.39, 0.29) is 29.3 Å². The molecular formula is C31H33F3N2O4. The molecule has 2 saturated carbocycles. The number of likely N-dealkylation sites (tertiary alicyclic amines) is 1. The maximum Gasteiger partial charge on any atom is 0.416 e. The first-order valence-electron chi connectivity index (χ1n) is 14.1. The van der Waals surface area contributed by atoms with E-state index in [1.54, 1.807) is 18.0 Å². The van der Waals surface area contributed by atoms with Gasteiger partial charge < -0.3 is 19.8 Å². The van der Waals surface area contributed by atoms with Crippen molar-refractivity contribution in [1.82, 2.24) is 9.80 Å². The number of likely N-dealkylation sites (N-methyl/N-ethyl adjacent to an activating group) is 1. The van der Waals surface area contributed by atoms with Crippen LogP contribution in [0, 0.1) is 5.92 Å². The number of benzene rings is 2. The standard InChI is InChI=1S/C31H33F3N2O4/c1-35(26(38)10-7-18-3-2-4-21(13-18)31(32,33)34)22-15-25-29-11-12-36(17-19-5-6-19)24(30(29,39)16-22)14-20-8-9-23(37)28(40-25)27(20)29/h2-4,7-10,13,19,22,24-25,37,39H,5-6,11-12,14-17H2,1H3/t22-,24-,25+,29-,30-/m1/s1. The van der Waals surface area contributed by atoms with Gasteiger partial charge in [0.05, 0.1) is 16.6 Å². The third-order valence-electron chi connectivity index (χ3n) is 10.2. The van der Waals surface area contributed by atoms with E-state index < -0.39 is 28.9 Å². The lowest BCUT2D eigenvalue weighted by atomic mass is 9.48. The number of rotatable bonds is 5. The normalized spacial score (nSPS) is 32.6. The zero-order chi connectivity index (χ0) is 28.0. The molecule has 7 rings (SSSR count). The van der Waals surface area contributed by atoms with Gasteiger partial charge in [0.2, 0.25) is 5.91 Å². The predicted molar refractivity (Wildman–Crippen MR) is 142 cm³/mol. The molecule has 0 unspecified atom stereocenters. The van der Waals surface area contributed by atoms with Crippen LogP contribution in [-0.2, 0) is 22.8 Å². The first-order valence-corrected chi connectivity index (χ1v) is 14.1. The van der Waals surface area contributed by atoms with E-state index in [0.29, 0.717) is 30.9 Å². The summed E-state index contributed by atoms with van der Waals surface area (Å²) in [5.74, 6) is 0.856. The van der Waals surface area contributed by atoms with Gasteiger partial charge in [0, 0.05) is 43.7 Å². The van der Waals surface area contributed by atoms with Crippen molar-refractivity contribution in [1.29, 1.82) is 0 Å². The monoisotopic (exact) mass is 554 g/mol. The number of carbonyl (C=O) groups is 1. The third kappa shape index (κ3) is 3.73. The van der Waals surface area contributed by atoms with Crippen LogP contribution in [0.15, 0.2) is 42.5 Å². The second-order valence-electron chi connectivity index (χ2n) is 12.4. The van der Waals surface area contributed by atoms with Crippen LogP contribution >= 0.6 is 0 Å². The molecule has 5 aliphatic rings. The molecule has 3 fully saturated rings. The molecule has 0 radical (unpaired) electrons. The number of hydrogen-bond donors (Lipinski definition) is 2. The van der Waals surface area contributed by atoms with E-state index in [9.17, 15) is 28.2 Å². The molecule has 2 aromatic carbocycles. The van der Waals surface area contributed by atoms with Crippen molar-refractivity contribution in [2.45, 2.75) is 73.9 Å². The number of carbonyl (C=O) groups excluding carboxylic acids is 1. The Labute approximate surface area is 231 Å². The summed E-state index contributed by atoms with van der Waals surface area (Å²) in [7, 11) is 1.68. The predicted octanol–water partition coefficient (Wildman–Crippen LogP) is 4.52. The number of hydrogen-bond acceptors (Lipinski definition) is 5. The molecule has 1 spiro atoms. The van der Waals surface area contributed by atoms with Gasteiger partial charge in [-0.2, -0.15) is 13.2 Å². The lowest BCUT2D eigenvalue weighted by Gasteiger charge is -2.64. The highest BCUT2D eigenvalue weighted by Gasteiger charge is 2.72. The lowest BCUT2D eigenvalue weighted by molar-refractivity contribution is -0.198. The second-order valence-corrected chi connectivity index (χ2v) is 12.4. The highest BCUT2D eigenvalue weighted by molar-refractivity contribution is 5.92. The van der Waals surface area contributed by atoms with Gasteiger partial charge in [-0.25, -0.2) is 0 Å². The van der Waals surface area contributed by atoms with Crippen LogP contribution in [0.25, 0.3) is 6.08 Å². The first-order chi connectivity index (χ1) is 19.0. The van der Waals surface area contributed by atoms with Crippen molar-refractivity contribution in [2.75, 3.05) is 20.1 Å². The van der Waals surface area contributed by atoms with Crippen molar-refractivity contribution in [2.24, 2.45) is 5.92 Å². The van der Waals surface area contributed by atoms with Crippen LogP contribution in [-0.4, -0.2) is 69.8 Å². The Morgan fingerprint density at radius 1 is 1.25 bits per heavy atom. The van der Waals surface area contributed by atoms with Gasteiger partial charge in [0.15, 0.2) is 11.5 Å². The molecule has 9 heteroatoms. The van der Waals surface area contributed by atoms with E-state index in [4.69, 9.17) is 4.74 Å². The fraction of sp³-hybridized carbons (Fsp3) is 0.516. The average molecular weight is 555 g/mol. The summed E-state index contributed by atoms with van der Waals surface area (Å²) in [6.45, 7) is 1.81. The molecule has 2 bridgehead atoms. The molecule has 40 heavy (non-hydrogen) atoms. The molecule has 3 aliphatic carbocycles. The number of nitrogens with zero attached hydrogens (tertiary/aromatic N) is 2. The molecule has 2 heterocycles. The Bertz CT molecular complexity index is 1410. The fourth-order valence-corrected chi connectivity index (χ4v) is 8.06. The van der Waals surface area contributed by atoms with E-state index in [1.807, 2.05) is 6.07 Å². The Kier molecular flexibility index (Phi) is 5.65. The second kappa shape index (κ2) is 8.73. The Balaban J connectivity index is 1.19. The maximum atomic E-state index is 13.3. The summed E-state index contributed by atoms with van der Waals surface area (Å²) in [6.07, 6.45) is 2.49. The zero-order valence-corrected chi connectivity index (χ0v) is 22.3. The number of amides is 1. The number of halogens is 3. The minimum Gasteiger partial charge on any atom is -0.504 e. The van der Waals surface area contributed by atoms with Gasteiger partial charge in [-0.1, -0.05) is 18.2 Å². The number of piperidine rings is 1. The summed E-state index contributed by atoms with van der Waals surface area (Å²) in [4.78, 5) is 17.3. The molecular weight excluding hydrogens is 521 g/mol. The van der Waals surface area contributed by atoms with Crippen molar-refractivity contribution >= 4 is 12.0 Å². The van der Waals surface area contributed by atoms with E-state index in [1.165, 1.54) is 37.1 Å². The largest absolute Gasteiger partial charge is 0.504 e. The maximum absolute atomic E-state index is 13.3. The number of ether oxygens (including phenoxy) is 1. The molecule has 1 saturated heterocycles. The average Bonchev–Trinajstić information content (AvgIpc) is 3.66. The van der Waals surface area contributed by atoms with Crippen LogP contribution in [0.1, 0.15) is 54.4 Å². The molecule has 212 valence electrons. The van der Waals surface area contributed by atoms with Gasteiger partial charge in [0.1, 0.15) is 6.10 Å². The number of phenols is 1. The number of aliphatic hydroxyl groups is 1. The molecule has 0 aromatic heterocycles. The number of aromatic hydroxyl groups is 1. The zero-order valence-electron chi connectivity index (χ0n) is 22.3. The third-order valence-corrected chi connectivity index (χ3v) is 10.2. The van der Waals surface area contributed by atoms with Crippen LogP contribution in [0.5, 0.6) is 11.5 Å². The Morgan fingerprint density at radius 2 is 2.05 bits per heavy atom. The summed E-state index contributed by atoms with van der Waals surface area (Å²) < 4.78 is 45.8. The smallest absolute Gasteiger partial charge is 0.416 e. The number of alkyl halides is 3. The molecule has 2 N–H and O–H groups in total. The van der Waals surface area contributed by atoms with E-state index >= 15 is 0 Å². The van der Waals surface area contributed by atoms with Crippen LogP contribution in [0.2, 0.25) is 0 Å². The topological polar surface area (TPSA) is 73.2 Å². The van der Waals surface area contributed by atoms with Gasteiger partial charge in [-0.15, -0.1) is 0 Å². The van der Waals surface area contributed by atoms with Gasteiger partial charge in [-0.3, -0.25) is 9.69 Å². The van der Waals surface area contributed by atoms with Crippen LogP contribution < -0.4 is 4.74 Å². The Hall–Kier alpha value is -3.04. The van der Waals surface area contributed by atoms with Crippen LogP contribution in [0.3, 0.4) is 0 Å². The number of phenolic OH excluding ortho intramolecular Hbond substituents is 1. The molecule has 2 aromatic rings. The minimum atomic E-state index is -4.46. The minimum absolute atomic E-state index is 0.0775. The van der Waals surface area contributed by atoms with Crippen molar-refractivity contribution in [3.63, 3.8) is 0 Å². The molecule has 2 aliphatic heterocycles. The highest BCUT2D eigenvalue weighted by atomic mass is 19.4. The molecule has 5 atom stereocenters. The van der Waals surface area contributed by atoms with E-state index in [2.05, 4.69) is 4.90 Å². The van der Waals surface area contributed by atoms with Crippen molar-refractivity contribution in [3.05, 3.63) is 64.7 Å². The van der Waals surface area contributed by atoms with E-state index in [0.717, 1.165) is 42.8 Å². The van der Waals surface area contributed by atoms with Gasteiger partial charge in [-0.05, 0) is 80.0 Å². The summed E-state index contributed by atoms with van der Waals surface area (Å²) in [5.41, 5.74) is -0.216. The summed E-state index contributed by atoms with van der Waals surface area (Å²) >= 11 is 0. The first kappa shape index (κ1) is 25.9. The quantitative estimate of drug-likeness (QED) is 0.532. The van der Waals surface area contributed by atoms with Crippen molar-refractivity contribution in [3.8, 4) is 11.5 Å². The highest BCUT2D eigenvalue weighted by Crippen LogP contribution is 2.65. The Morgan fingerprint density at radius 3 is 2.80 bits per heavy atom. The molecule has 6 nitrogen and oxygen atoms in total. The fourth-order valence-electron chi connectivity index (χ4n) is 8.06. The SMILES string of the molecule is CN(C(=O)C=Cc1cccc(C(F)(F)F)c1)[C@@H]1C[C@@H]2Oc3c(O)ccc4c3[C@@]23CCN(CC2CC2)[C@H](C4)[C@]3(O)C1. The lowest BCUT2D eigenvalue weighted by Crippen LogP contribution is -2.77. The van der Waals surface area contributed by atoms with Crippen LogP contribution in [0.4, 0.5) is 13.2 Å². The van der Waals surface area contributed by atoms with Gasteiger partial charge >= 0.3 is 6.18 Å². The molecule has 1 amide bonds. The van der Waals surface area contributed by atoms with Gasteiger partial charge in [0.25, 0.3) is 0 Å². The van der Waals surface area contributed by atoms with Crippen molar-refractivity contribution < 1.29 is 32.9 Å².